The Morgan fingerprint density at radius 3 is 2.95 bits per heavy atom. The summed E-state index contributed by atoms with van der Waals surface area (Å²) >= 11 is 0. The minimum Gasteiger partial charge on any atom is -0.391 e. The quantitative estimate of drug-likeness (QED) is 0.833. The van der Waals surface area contributed by atoms with Crippen LogP contribution in [-0.2, 0) is 9.63 Å². The van der Waals surface area contributed by atoms with Crippen LogP contribution in [0.1, 0.15) is 25.3 Å². The molecule has 0 fully saturated rings. The van der Waals surface area contributed by atoms with Gasteiger partial charge < -0.3 is 15.3 Å². The maximum atomic E-state index is 11.8. The minimum absolute atomic E-state index is 0.234. The number of rotatable bonds is 5. The maximum absolute atomic E-state index is 11.8. The van der Waals surface area contributed by atoms with E-state index in [0.29, 0.717) is 12.8 Å². The van der Waals surface area contributed by atoms with E-state index >= 15 is 0 Å². The average Bonchev–Trinajstić information content (AvgIpc) is 2.95. The van der Waals surface area contributed by atoms with Crippen LogP contribution in [0.25, 0.3) is 0 Å². The molecule has 0 aromatic heterocycles. The van der Waals surface area contributed by atoms with Crippen LogP contribution in [0.5, 0.6) is 0 Å². The van der Waals surface area contributed by atoms with Crippen LogP contribution < -0.4 is 5.32 Å². The van der Waals surface area contributed by atoms with Gasteiger partial charge in [0, 0.05) is 13.0 Å². The molecule has 1 aliphatic heterocycles. The van der Waals surface area contributed by atoms with Crippen molar-refractivity contribution in [3.63, 3.8) is 0 Å². The Morgan fingerprint density at radius 2 is 2.26 bits per heavy atom. The molecule has 2 N–H and O–H groups in total. The van der Waals surface area contributed by atoms with Gasteiger partial charge in [-0.15, -0.1) is 0 Å². The second kappa shape index (κ2) is 6.33. The maximum Gasteiger partial charge on any atom is 0.264 e. The van der Waals surface area contributed by atoms with Crippen molar-refractivity contribution in [2.24, 2.45) is 5.16 Å². The third-order valence-corrected chi connectivity index (χ3v) is 3.05. The highest BCUT2D eigenvalue weighted by atomic mass is 16.6. The molecule has 2 unspecified atom stereocenters. The Hall–Kier alpha value is -1.88. The standard InChI is InChI=1S/C14H18N2O3/c1-2-11(17)9-15-14(18)13-8-12(16-19-13)10-6-4-3-5-7-10/h3-7,11,13,17H,2,8-9H2,1H3,(H,15,18). The number of nitrogens with one attached hydrogen (secondary N) is 1. The van der Waals surface area contributed by atoms with Crippen molar-refractivity contribution in [3.8, 4) is 0 Å². The summed E-state index contributed by atoms with van der Waals surface area (Å²) in [4.78, 5) is 17.0. The number of carbonyl (C=O) groups is 1. The lowest BCUT2D eigenvalue weighted by Crippen LogP contribution is -2.39. The summed E-state index contributed by atoms with van der Waals surface area (Å²) in [5.74, 6) is -0.234. The van der Waals surface area contributed by atoms with Gasteiger partial charge in [-0.1, -0.05) is 42.4 Å². The number of hydrogen-bond donors (Lipinski definition) is 2. The predicted octanol–water partition coefficient (Wildman–Crippen LogP) is 1.07. The van der Waals surface area contributed by atoms with E-state index < -0.39 is 12.2 Å². The topological polar surface area (TPSA) is 70.9 Å². The van der Waals surface area contributed by atoms with E-state index in [2.05, 4.69) is 10.5 Å². The third-order valence-electron chi connectivity index (χ3n) is 3.05. The number of carbonyl (C=O) groups excluding carboxylic acids is 1. The van der Waals surface area contributed by atoms with Gasteiger partial charge in [-0.3, -0.25) is 4.79 Å². The van der Waals surface area contributed by atoms with Gasteiger partial charge in [0.25, 0.3) is 5.91 Å². The Morgan fingerprint density at radius 1 is 1.53 bits per heavy atom. The number of oxime groups is 1. The van der Waals surface area contributed by atoms with Crippen molar-refractivity contribution in [3.05, 3.63) is 35.9 Å². The smallest absolute Gasteiger partial charge is 0.264 e. The van der Waals surface area contributed by atoms with Crippen molar-refractivity contribution in [2.45, 2.75) is 32.0 Å². The van der Waals surface area contributed by atoms with Crippen LogP contribution in [0, 0.1) is 0 Å². The van der Waals surface area contributed by atoms with Gasteiger partial charge in [0.15, 0.2) is 0 Å². The lowest BCUT2D eigenvalue weighted by Gasteiger charge is -2.12. The van der Waals surface area contributed by atoms with Gasteiger partial charge in [-0.05, 0) is 12.0 Å². The highest BCUT2D eigenvalue weighted by Crippen LogP contribution is 2.16. The van der Waals surface area contributed by atoms with Crippen molar-refractivity contribution >= 4 is 11.6 Å². The zero-order valence-electron chi connectivity index (χ0n) is 10.9. The molecule has 102 valence electrons. The van der Waals surface area contributed by atoms with Crippen LogP contribution in [0.15, 0.2) is 35.5 Å². The normalized spacial score (nSPS) is 19.5. The minimum atomic E-state index is -0.598. The molecule has 2 atom stereocenters. The van der Waals surface area contributed by atoms with Gasteiger partial charge >= 0.3 is 0 Å². The molecule has 0 saturated carbocycles. The Kier molecular flexibility index (Phi) is 4.52. The fourth-order valence-corrected chi connectivity index (χ4v) is 1.80. The van der Waals surface area contributed by atoms with E-state index in [1.807, 2.05) is 37.3 Å². The zero-order chi connectivity index (χ0) is 13.7. The van der Waals surface area contributed by atoms with Gasteiger partial charge in [0.05, 0.1) is 11.8 Å². The fourth-order valence-electron chi connectivity index (χ4n) is 1.80. The molecule has 1 aromatic carbocycles. The third kappa shape index (κ3) is 3.54. The van der Waals surface area contributed by atoms with Gasteiger partial charge in [-0.25, -0.2) is 0 Å². The number of nitrogens with zero attached hydrogens (tertiary/aromatic N) is 1. The molecule has 5 heteroatoms. The summed E-state index contributed by atoms with van der Waals surface area (Å²) in [6.07, 6.45) is -0.0468. The number of aliphatic hydroxyl groups is 1. The molecular formula is C14H18N2O3. The first-order valence-corrected chi connectivity index (χ1v) is 6.44. The molecule has 0 radical (unpaired) electrons. The number of aliphatic hydroxyl groups excluding tert-OH is 1. The first-order chi connectivity index (χ1) is 9.20. The van der Waals surface area contributed by atoms with Gasteiger partial charge in [0.1, 0.15) is 0 Å². The number of benzene rings is 1. The molecule has 0 spiro atoms. The Labute approximate surface area is 112 Å². The van der Waals surface area contributed by atoms with E-state index in [-0.39, 0.29) is 12.5 Å². The number of hydrogen-bond acceptors (Lipinski definition) is 4. The Balaban J connectivity index is 1.85. The Bertz CT molecular complexity index is 459. The molecule has 5 nitrogen and oxygen atoms in total. The van der Waals surface area contributed by atoms with Crippen LogP contribution in [-0.4, -0.2) is 35.5 Å². The summed E-state index contributed by atoms with van der Waals surface area (Å²) in [6, 6.07) is 9.63. The summed E-state index contributed by atoms with van der Waals surface area (Å²) in [5, 5.41) is 16.0. The molecule has 0 saturated heterocycles. The van der Waals surface area contributed by atoms with E-state index in [9.17, 15) is 9.90 Å². The van der Waals surface area contributed by atoms with E-state index in [4.69, 9.17) is 4.84 Å². The lowest BCUT2D eigenvalue weighted by atomic mass is 10.0. The predicted molar refractivity (Wildman–Crippen MR) is 71.8 cm³/mol. The average molecular weight is 262 g/mol. The largest absolute Gasteiger partial charge is 0.391 e. The molecule has 2 rings (SSSR count). The zero-order valence-corrected chi connectivity index (χ0v) is 10.9. The SMILES string of the molecule is CCC(O)CNC(=O)C1CC(c2ccccc2)=NO1. The molecular weight excluding hydrogens is 244 g/mol. The van der Waals surface area contributed by atoms with Crippen LogP contribution in [0.3, 0.4) is 0 Å². The lowest BCUT2D eigenvalue weighted by molar-refractivity contribution is -0.131. The van der Waals surface area contributed by atoms with E-state index in [0.717, 1.165) is 11.3 Å². The van der Waals surface area contributed by atoms with Gasteiger partial charge in [0.2, 0.25) is 6.10 Å². The van der Waals surface area contributed by atoms with Crippen LogP contribution >= 0.6 is 0 Å². The second-order valence-electron chi connectivity index (χ2n) is 4.51. The summed E-state index contributed by atoms with van der Waals surface area (Å²) in [7, 11) is 0. The van der Waals surface area contributed by atoms with Crippen molar-refractivity contribution < 1.29 is 14.7 Å². The first-order valence-electron chi connectivity index (χ1n) is 6.44. The molecule has 19 heavy (non-hydrogen) atoms. The summed E-state index contributed by atoms with van der Waals surface area (Å²) < 4.78 is 0. The van der Waals surface area contributed by atoms with Crippen molar-refractivity contribution in [1.29, 1.82) is 0 Å². The molecule has 1 aliphatic rings. The monoisotopic (exact) mass is 262 g/mol. The van der Waals surface area contributed by atoms with E-state index in [1.165, 1.54) is 0 Å². The molecule has 0 bridgehead atoms. The second-order valence-corrected chi connectivity index (χ2v) is 4.51. The first kappa shape index (κ1) is 13.5. The van der Waals surface area contributed by atoms with Crippen LogP contribution in [0.4, 0.5) is 0 Å². The number of amides is 1. The summed E-state index contributed by atoms with van der Waals surface area (Å²) in [6.45, 7) is 2.11. The molecule has 0 aliphatic carbocycles. The summed E-state index contributed by atoms with van der Waals surface area (Å²) in [5.41, 5.74) is 1.74. The van der Waals surface area contributed by atoms with Gasteiger partial charge in [-0.2, -0.15) is 0 Å². The van der Waals surface area contributed by atoms with Crippen LogP contribution in [0.2, 0.25) is 0 Å². The molecule has 1 aromatic rings. The highest BCUT2D eigenvalue weighted by molar-refractivity contribution is 6.04. The van der Waals surface area contributed by atoms with E-state index in [1.54, 1.807) is 0 Å². The molecule has 1 amide bonds. The highest BCUT2D eigenvalue weighted by Gasteiger charge is 2.28. The molecule has 1 heterocycles. The van der Waals surface area contributed by atoms with Crippen molar-refractivity contribution in [1.82, 2.24) is 5.32 Å². The fraction of sp³-hybridized carbons (Fsp3) is 0.429. The van der Waals surface area contributed by atoms with Crippen molar-refractivity contribution in [2.75, 3.05) is 6.54 Å².